The van der Waals surface area contributed by atoms with Crippen LogP contribution in [-0.2, 0) is 35.6 Å². The van der Waals surface area contributed by atoms with Gasteiger partial charge in [-0.3, -0.25) is 19.1 Å². The van der Waals surface area contributed by atoms with Gasteiger partial charge in [-0.05, 0) is 83.1 Å². The zero-order valence-electron chi connectivity index (χ0n) is 34.5. The quantitative estimate of drug-likeness (QED) is 0.281. The average molecular weight is 862 g/mol. The summed E-state index contributed by atoms with van der Waals surface area (Å²) in [7, 11) is -4.44. The van der Waals surface area contributed by atoms with E-state index in [1.807, 2.05) is 37.3 Å². The van der Waals surface area contributed by atoms with Crippen molar-refractivity contribution in [3.05, 3.63) is 42.1 Å². The molecule has 18 heteroatoms. The van der Waals surface area contributed by atoms with Crippen LogP contribution in [0.15, 0.2) is 36.4 Å². The number of halogens is 3. The number of sulfonamides is 1. The SMILES string of the molecule is CC1CCC=CC2CC2(C(=O)NS(=O)(=O)C2(CF)CC2)NC(=O)C2CC(Oc3nc4c(c5ccccc35)OCCC4)CN2C(=O)C(NC(=O)OC(C)(C)C(C)(F)F)C(C)C1. The predicted molar refractivity (Wildman–Crippen MR) is 213 cm³/mol. The molecule has 1 aromatic heterocycles. The van der Waals surface area contributed by atoms with Crippen LogP contribution in [-0.4, -0.2) is 102 Å². The molecule has 0 radical (unpaired) electrons. The van der Waals surface area contributed by atoms with E-state index in [1.165, 1.54) is 4.90 Å². The minimum absolute atomic E-state index is 0.00953. The topological polar surface area (TPSA) is 182 Å². The van der Waals surface area contributed by atoms with Crippen molar-refractivity contribution in [1.29, 1.82) is 0 Å². The van der Waals surface area contributed by atoms with E-state index in [1.54, 1.807) is 13.0 Å². The molecule has 3 N–H and O–H groups in total. The van der Waals surface area contributed by atoms with Crippen LogP contribution in [0.3, 0.4) is 0 Å². The summed E-state index contributed by atoms with van der Waals surface area (Å²) in [4.78, 5) is 62.9. The van der Waals surface area contributed by atoms with Crippen molar-refractivity contribution < 1.29 is 55.0 Å². The number of pyridine rings is 1. The van der Waals surface area contributed by atoms with Crippen molar-refractivity contribution >= 4 is 44.6 Å². The first-order chi connectivity index (χ1) is 28.2. The molecular weight excluding hydrogens is 808 g/mol. The second-order valence-corrected chi connectivity index (χ2v) is 20.0. The monoisotopic (exact) mass is 861 g/mol. The van der Waals surface area contributed by atoms with Crippen molar-refractivity contribution in [2.24, 2.45) is 17.8 Å². The van der Waals surface area contributed by atoms with E-state index in [9.17, 15) is 40.8 Å². The Labute approximate surface area is 347 Å². The maximum absolute atomic E-state index is 14.9. The number of ether oxygens (including phenoxy) is 3. The molecule has 2 aliphatic carbocycles. The molecule has 0 bridgehead atoms. The Hall–Kier alpha value is -4.61. The Morgan fingerprint density at radius 2 is 1.82 bits per heavy atom. The minimum Gasteiger partial charge on any atom is -0.491 e. The van der Waals surface area contributed by atoms with E-state index in [0.29, 0.717) is 56.0 Å². The summed E-state index contributed by atoms with van der Waals surface area (Å²) in [6, 6.07) is 4.74. The van der Waals surface area contributed by atoms with Gasteiger partial charge in [0.05, 0.1) is 18.8 Å². The second kappa shape index (κ2) is 16.0. The van der Waals surface area contributed by atoms with Gasteiger partial charge in [0.2, 0.25) is 27.7 Å². The highest BCUT2D eigenvalue weighted by atomic mass is 32.2. The van der Waals surface area contributed by atoms with Crippen LogP contribution in [0.1, 0.15) is 91.7 Å². The lowest BCUT2D eigenvalue weighted by Crippen LogP contribution is -2.60. The molecule has 4 amide bonds. The lowest BCUT2D eigenvalue weighted by atomic mass is 9.88. The van der Waals surface area contributed by atoms with Crippen LogP contribution >= 0.6 is 0 Å². The third-order valence-corrected chi connectivity index (χ3v) is 15.0. The number of alkyl halides is 3. The first-order valence-corrected chi connectivity index (χ1v) is 22.2. The van der Waals surface area contributed by atoms with Crippen molar-refractivity contribution in [2.45, 2.75) is 132 Å². The number of amides is 4. The van der Waals surface area contributed by atoms with E-state index in [4.69, 9.17) is 19.2 Å². The largest absolute Gasteiger partial charge is 0.491 e. The standard InChI is InChI=1S/C42H54F3N5O9S/c1-24-11-6-7-12-26-21-42(26,37(53)49-60(55,56)41(23-43)16-17-41)48-34(51)31-20-27(58-35-29-14-9-8-13-28(29)33-30(46-35)15-10-18-57-33)22-50(31)36(52)32(25(2)19-24)47-38(54)59-39(3,4)40(5,44)45/h7-9,12-14,24-27,31-32H,6,10-11,15-23H2,1-5H3,(H,47,54)(H,48,51)(H,49,53). The number of alkyl carbamates (subject to hydrolysis) is 1. The molecule has 7 unspecified atom stereocenters. The number of hydrogen-bond acceptors (Lipinski definition) is 10. The summed E-state index contributed by atoms with van der Waals surface area (Å²) in [5.41, 5.74) is -3.27. The van der Waals surface area contributed by atoms with E-state index in [-0.39, 0.29) is 44.0 Å². The molecule has 5 aliphatic rings. The van der Waals surface area contributed by atoms with Gasteiger partial charge in [0.25, 0.3) is 11.8 Å². The van der Waals surface area contributed by atoms with Crippen LogP contribution in [0.2, 0.25) is 0 Å². The summed E-state index contributed by atoms with van der Waals surface area (Å²) in [5.74, 6) is -6.21. The van der Waals surface area contributed by atoms with Crippen LogP contribution in [0.25, 0.3) is 10.8 Å². The van der Waals surface area contributed by atoms with E-state index >= 15 is 0 Å². The van der Waals surface area contributed by atoms with Crippen LogP contribution < -0.4 is 24.8 Å². The van der Waals surface area contributed by atoms with Gasteiger partial charge in [0, 0.05) is 30.0 Å². The summed E-state index contributed by atoms with van der Waals surface area (Å²) in [6.07, 6.45) is 4.53. The van der Waals surface area contributed by atoms with Crippen molar-refractivity contribution in [1.82, 2.24) is 25.2 Å². The zero-order valence-corrected chi connectivity index (χ0v) is 35.3. The van der Waals surface area contributed by atoms with Gasteiger partial charge in [0.15, 0.2) is 5.60 Å². The molecule has 0 spiro atoms. The minimum atomic E-state index is -4.44. The molecule has 2 aromatic rings. The number of hydrogen-bond donors (Lipinski definition) is 3. The molecule has 3 fully saturated rings. The zero-order chi connectivity index (χ0) is 43.4. The highest BCUT2D eigenvalue weighted by molar-refractivity contribution is 7.91. The lowest BCUT2D eigenvalue weighted by Gasteiger charge is -2.35. The second-order valence-electron chi connectivity index (χ2n) is 17.9. The maximum Gasteiger partial charge on any atom is 0.408 e. The first-order valence-electron chi connectivity index (χ1n) is 20.7. The Morgan fingerprint density at radius 1 is 1.10 bits per heavy atom. The summed E-state index contributed by atoms with van der Waals surface area (Å²) in [6.45, 7) is 5.64. The Balaban J connectivity index is 1.24. The number of carbonyl (C=O) groups excluding carboxylic acids is 4. The fraction of sp³-hybridized carbons (Fsp3) is 0.643. The van der Waals surface area contributed by atoms with Gasteiger partial charge in [-0.1, -0.05) is 44.2 Å². The summed E-state index contributed by atoms with van der Waals surface area (Å²) < 4.78 is 87.3. The van der Waals surface area contributed by atoms with E-state index < -0.39 is 92.3 Å². The number of rotatable bonds is 9. The number of aryl methyl sites for hydroxylation is 1. The highest BCUT2D eigenvalue weighted by Crippen LogP contribution is 2.48. The Kier molecular flexibility index (Phi) is 11.6. The molecule has 328 valence electrons. The number of allylic oxidation sites excluding steroid dienone is 1. The smallest absolute Gasteiger partial charge is 0.408 e. The van der Waals surface area contributed by atoms with Crippen LogP contribution in [0.4, 0.5) is 18.0 Å². The lowest BCUT2D eigenvalue weighted by molar-refractivity contribution is -0.152. The molecule has 14 nitrogen and oxygen atoms in total. The average Bonchev–Trinajstić information content (AvgIpc) is 4.09. The third-order valence-electron chi connectivity index (χ3n) is 12.9. The van der Waals surface area contributed by atoms with Gasteiger partial charge in [-0.2, -0.15) is 0 Å². The fourth-order valence-corrected chi connectivity index (χ4v) is 9.90. The van der Waals surface area contributed by atoms with E-state index in [2.05, 4.69) is 15.4 Å². The molecule has 7 atom stereocenters. The molecule has 7 rings (SSSR count). The Bertz CT molecular complexity index is 2180. The Morgan fingerprint density at radius 3 is 2.50 bits per heavy atom. The molecule has 60 heavy (non-hydrogen) atoms. The summed E-state index contributed by atoms with van der Waals surface area (Å²) >= 11 is 0. The molecule has 2 saturated carbocycles. The van der Waals surface area contributed by atoms with Crippen molar-refractivity contribution in [3.8, 4) is 11.6 Å². The van der Waals surface area contributed by atoms with E-state index in [0.717, 1.165) is 25.7 Å². The van der Waals surface area contributed by atoms with Gasteiger partial charge >= 0.3 is 6.09 Å². The molecule has 1 aromatic carbocycles. The number of fused-ring (bicyclic) bond motifs is 5. The molecule has 1 saturated heterocycles. The van der Waals surface area contributed by atoms with Gasteiger partial charge in [0.1, 0.15) is 40.9 Å². The summed E-state index contributed by atoms with van der Waals surface area (Å²) in [5, 5.41) is 6.75. The molecule has 3 aliphatic heterocycles. The van der Waals surface area contributed by atoms with Gasteiger partial charge in [-0.15, -0.1) is 0 Å². The normalized spacial score (nSPS) is 29.4. The van der Waals surface area contributed by atoms with Crippen molar-refractivity contribution in [2.75, 3.05) is 19.8 Å². The van der Waals surface area contributed by atoms with Gasteiger partial charge in [-0.25, -0.2) is 31.4 Å². The molecular formula is C42H54F3N5O9S. The molecule has 4 heterocycles. The van der Waals surface area contributed by atoms with Crippen molar-refractivity contribution in [3.63, 3.8) is 0 Å². The number of nitrogens with one attached hydrogen (secondary N) is 3. The highest BCUT2D eigenvalue weighted by Gasteiger charge is 2.64. The predicted octanol–water partition coefficient (Wildman–Crippen LogP) is 5.27. The van der Waals surface area contributed by atoms with Crippen LogP contribution in [0, 0.1) is 17.8 Å². The number of aromatic nitrogens is 1. The van der Waals surface area contributed by atoms with Crippen LogP contribution in [0.5, 0.6) is 11.6 Å². The number of nitrogens with zero attached hydrogens (tertiary/aromatic N) is 2. The maximum atomic E-state index is 14.9. The third kappa shape index (κ3) is 8.36. The number of benzene rings is 1. The number of carbonyl (C=O) groups is 4. The van der Waals surface area contributed by atoms with Gasteiger partial charge < -0.3 is 29.7 Å². The fourth-order valence-electron chi connectivity index (χ4n) is 8.48. The first kappa shape index (κ1) is 43.5.